The summed E-state index contributed by atoms with van der Waals surface area (Å²) in [5.41, 5.74) is 1.48. The Morgan fingerprint density at radius 1 is 1.45 bits per heavy atom. The molecule has 0 aromatic carbocycles. The monoisotopic (exact) mass is 150 g/mol. The molecule has 1 atom stereocenters. The van der Waals surface area contributed by atoms with Crippen LogP contribution in [0, 0.1) is 0 Å². The van der Waals surface area contributed by atoms with Gasteiger partial charge in [-0.25, -0.2) is 0 Å². The fraction of sp³-hybridized carbons (Fsp3) is 0.667. The summed E-state index contributed by atoms with van der Waals surface area (Å²) in [5.74, 6) is 0. The SMILES string of the molecule is C1=NCC(C2CCCCN2)=C1. The van der Waals surface area contributed by atoms with Gasteiger partial charge in [-0.2, -0.15) is 0 Å². The van der Waals surface area contributed by atoms with Gasteiger partial charge in [0.15, 0.2) is 0 Å². The molecule has 0 aromatic rings. The van der Waals surface area contributed by atoms with E-state index in [-0.39, 0.29) is 0 Å². The van der Waals surface area contributed by atoms with Crippen molar-refractivity contribution in [3.8, 4) is 0 Å². The molecule has 1 unspecified atom stereocenters. The molecule has 2 aliphatic rings. The highest BCUT2D eigenvalue weighted by Crippen LogP contribution is 2.16. The molecule has 0 saturated carbocycles. The Morgan fingerprint density at radius 3 is 3.09 bits per heavy atom. The first-order valence-corrected chi connectivity index (χ1v) is 4.39. The summed E-state index contributed by atoms with van der Waals surface area (Å²) in [6, 6.07) is 0.631. The van der Waals surface area contributed by atoms with E-state index in [4.69, 9.17) is 0 Å². The molecule has 2 aliphatic heterocycles. The Bertz CT molecular complexity index is 188. The van der Waals surface area contributed by atoms with Gasteiger partial charge in [-0.3, -0.25) is 4.99 Å². The average molecular weight is 150 g/mol. The maximum atomic E-state index is 4.18. The van der Waals surface area contributed by atoms with E-state index in [1.54, 1.807) is 0 Å². The van der Waals surface area contributed by atoms with Crippen molar-refractivity contribution in [2.24, 2.45) is 4.99 Å². The van der Waals surface area contributed by atoms with Crippen molar-refractivity contribution in [3.63, 3.8) is 0 Å². The lowest BCUT2D eigenvalue weighted by molar-refractivity contribution is 0.438. The van der Waals surface area contributed by atoms with Gasteiger partial charge in [0.1, 0.15) is 0 Å². The van der Waals surface area contributed by atoms with Crippen LogP contribution in [0.1, 0.15) is 19.3 Å². The number of rotatable bonds is 1. The van der Waals surface area contributed by atoms with Crippen molar-refractivity contribution in [3.05, 3.63) is 11.6 Å². The van der Waals surface area contributed by atoms with Gasteiger partial charge in [0.2, 0.25) is 0 Å². The molecule has 1 N–H and O–H groups in total. The van der Waals surface area contributed by atoms with Crippen molar-refractivity contribution in [1.82, 2.24) is 5.32 Å². The molecule has 0 radical (unpaired) electrons. The van der Waals surface area contributed by atoms with E-state index in [9.17, 15) is 0 Å². The highest BCUT2D eigenvalue weighted by atomic mass is 14.9. The van der Waals surface area contributed by atoms with Crippen LogP contribution in [0.15, 0.2) is 16.6 Å². The first-order valence-electron chi connectivity index (χ1n) is 4.39. The molecule has 2 nitrogen and oxygen atoms in total. The zero-order chi connectivity index (χ0) is 7.52. The maximum Gasteiger partial charge on any atom is 0.0618 e. The summed E-state index contributed by atoms with van der Waals surface area (Å²) in [5, 5.41) is 3.51. The van der Waals surface area contributed by atoms with Crippen LogP contribution in [-0.4, -0.2) is 25.3 Å². The van der Waals surface area contributed by atoms with E-state index in [0.29, 0.717) is 6.04 Å². The van der Waals surface area contributed by atoms with Gasteiger partial charge in [-0.1, -0.05) is 6.42 Å². The van der Waals surface area contributed by atoms with Gasteiger partial charge in [-0.15, -0.1) is 0 Å². The molecule has 2 heteroatoms. The fourth-order valence-electron chi connectivity index (χ4n) is 1.75. The molecule has 0 bridgehead atoms. The topological polar surface area (TPSA) is 24.4 Å². The third-order valence-electron chi connectivity index (χ3n) is 2.43. The van der Waals surface area contributed by atoms with Gasteiger partial charge in [0, 0.05) is 12.3 Å². The smallest absolute Gasteiger partial charge is 0.0618 e. The molecule has 1 fully saturated rings. The van der Waals surface area contributed by atoms with Gasteiger partial charge in [0.05, 0.1) is 6.54 Å². The van der Waals surface area contributed by atoms with Crippen LogP contribution in [0.3, 0.4) is 0 Å². The number of allylic oxidation sites excluding steroid dienone is 1. The molecule has 0 aliphatic carbocycles. The minimum Gasteiger partial charge on any atom is -0.310 e. The standard InChI is InChI=1S/C9H14N2/c1-2-5-11-9(3-1)8-4-6-10-7-8/h4,6,9,11H,1-3,5,7H2. The molecular weight excluding hydrogens is 136 g/mol. The molecular formula is C9H14N2. The van der Waals surface area contributed by atoms with Crippen LogP contribution in [0.4, 0.5) is 0 Å². The van der Waals surface area contributed by atoms with Crippen LogP contribution in [0.2, 0.25) is 0 Å². The van der Waals surface area contributed by atoms with Crippen LogP contribution in [0.25, 0.3) is 0 Å². The minimum absolute atomic E-state index is 0.631. The number of hydrogen-bond donors (Lipinski definition) is 1. The zero-order valence-corrected chi connectivity index (χ0v) is 6.71. The van der Waals surface area contributed by atoms with E-state index in [1.165, 1.54) is 31.4 Å². The summed E-state index contributed by atoms with van der Waals surface area (Å²) in [4.78, 5) is 4.18. The number of aliphatic imine (C=N–C) groups is 1. The van der Waals surface area contributed by atoms with Crippen LogP contribution in [-0.2, 0) is 0 Å². The maximum absolute atomic E-state index is 4.18. The highest BCUT2D eigenvalue weighted by Gasteiger charge is 2.17. The van der Waals surface area contributed by atoms with Crippen molar-refractivity contribution in [1.29, 1.82) is 0 Å². The Balaban J connectivity index is 1.93. The fourth-order valence-corrected chi connectivity index (χ4v) is 1.75. The lowest BCUT2D eigenvalue weighted by Crippen LogP contribution is -2.35. The summed E-state index contributed by atoms with van der Waals surface area (Å²) in [7, 11) is 0. The Hall–Kier alpha value is -0.630. The van der Waals surface area contributed by atoms with Crippen molar-refractivity contribution in [2.45, 2.75) is 25.3 Å². The number of piperidine rings is 1. The molecule has 60 valence electrons. The normalized spacial score (nSPS) is 30.5. The number of hydrogen-bond acceptors (Lipinski definition) is 2. The molecule has 0 aromatic heterocycles. The van der Waals surface area contributed by atoms with Gasteiger partial charge in [-0.05, 0) is 31.0 Å². The Morgan fingerprint density at radius 2 is 2.45 bits per heavy atom. The Kier molecular flexibility index (Phi) is 2.04. The number of nitrogens with zero attached hydrogens (tertiary/aromatic N) is 1. The first-order chi connectivity index (χ1) is 5.47. The minimum atomic E-state index is 0.631. The molecule has 1 saturated heterocycles. The quantitative estimate of drug-likeness (QED) is 0.595. The van der Waals surface area contributed by atoms with E-state index in [0.717, 1.165) is 6.54 Å². The van der Waals surface area contributed by atoms with E-state index < -0.39 is 0 Å². The molecule has 2 heterocycles. The van der Waals surface area contributed by atoms with Crippen molar-refractivity contribution < 1.29 is 0 Å². The summed E-state index contributed by atoms with van der Waals surface area (Å²) in [6.07, 6.45) is 8.09. The average Bonchev–Trinajstić information content (AvgIpc) is 2.58. The van der Waals surface area contributed by atoms with E-state index in [1.807, 2.05) is 6.21 Å². The van der Waals surface area contributed by atoms with Crippen LogP contribution >= 0.6 is 0 Å². The molecule has 2 rings (SSSR count). The summed E-state index contributed by atoms with van der Waals surface area (Å²) in [6.45, 7) is 2.11. The molecule has 11 heavy (non-hydrogen) atoms. The van der Waals surface area contributed by atoms with E-state index >= 15 is 0 Å². The van der Waals surface area contributed by atoms with Gasteiger partial charge in [0.25, 0.3) is 0 Å². The van der Waals surface area contributed by atoms with Gasteiger partial charge < -0.3 is 5.32 Å². The zero-order valence-electron chi connectivity index (χ0n) is 6.71. The lowest BCUT2D eigenvalue weighted by Gasteiger charge is -2.24. The highest BCUT2D eigenvalue weighted by molar-refractivity contribution is 5.75. The van der Waals surface area contributed by atoms with Crippen LogP contribution < -0.4 is 5.32 Å². The van der Waals surface area contributed by atoms with Crippen molar-refractivity contribution in [2.75, 3.05) is 13.1 Å². The lowest BCUT2D eigenvalue weighted by atomic mass is 9.98. The van der Waals surface area contributed by atoms with Crippen molar-refractivity contribution >= 4 is 6.21 Å². The predicted octanol–water partition coefficient (Wildman–Crippen LogP) is 1.14. The van der Waals surface area contributed by atoms with Crippen LogP contribution in [0.5, 0.6) is 0 Å². The second kappa shape index (κ2) is 3.18. The predicted molar refractivity (Wildman–Crippen MR) is 47.1 cm³/mol. The largest absolute Gasteiger partial charge is 0.310 e. The third-order valence-corrected chi connectivity index (χ3v) is 2.43. The second-order valence-electron chi connectivity index (χ2n) is 3.23. The second-order valence-corrected chi connectivity index (χ2v) is 3.23. The Labute approximate surface area is 67.4 Å². The first kappa shape index (κ1) is 7.04. The summed E-state index contributed by atoms with van der Waals surface area (Å²) < 4.78 is 0. The third kappa shape index (κ3) is 1.51. The van der Waals surface area contributed by atoms with E-state index in [2.05, 4.69) is 16.4 Å². The summed E-state index contributed by atoms with van der Waals surface area (Å²) >= 11 is 0. The number of nitrogens with one attached hydrogen (secondary N) is 1. The van der Waals surface area contributed by atoms with Gasteiger partial charge >= 0.3 is 0 Å². The molecule has 0 spiro atoms. The molecule has 0 amide bonds.